The van der Waals surface area contributed by atoms with Crippen molar-refractivity contribution in [3.05, 3.63) is 24.3 Å². The molecule has 4 aliphatic rings. The Labute approximate surface area is 188 Å². The van der Waals surface area contributed by atoms with Crippen molar-refractivity contribution in [2.24, 2.45) is 0 Å². The van der Waals surface area contributed by atoms with E-state index in [0.717, 1.165) is 37.1 Å². The van der Waals surface area contributed by atoms with Gasteiger partial charge in [-0.25, -0.2) is 0 Å². The molecule has 4 fully saturated rings. The second-order valence-electron chi connectivity index (χ2n) is 9.27. The second-order valence-corrected chi connectivity index (χ2v) is 11.9. The van der Waals surface area contributed by atoms with Gasteiger partial charge in [-0.05, 0) is 49.9 Å². The van der Waals surface area contributed by atoms with E-state index in [-0.39, 0.29) is 21.6 Å². The maximum absolute atomic E-state index is 12.9. The van der Waals surface area contributed by atoms with Crippen molar-refractivity contribution < 1.29 is 9.59 Å². The number of anilines is 2. The molecule has 6 heteroatoms. The first-order valence-electron chi connectivity index (χ1n) is 11.7. The van der Waals surface area contributed by atoms with E-state index < -0.39 is 0 Å². The van der Waals surface area contributed by atoms with E-state index in [1.807, 2.05) is 23.5 Å². The van der Waals surface area contributed by atoms with Crippen molar-refractivity contribution in [2.45, 2.75) is 86.8 Å². The number of hydrogen-bond donors (Lipinski definition) is 0. The van der Waals surface area contributed by atoms with Crippen LogP contribution in [0.1, 0.15) is 77.0 Å². The Kier molecular flexibility index (Phi) is 5.82. The third-order valence-corrected chi connectivity index (χ3v) is 10.4. The lowest BCUT2D eigenvalue weighted by Gasteiger charge is -2.38. The zero-order chi connectivity index (χ0) is 20.6. The Hall–Kier alpha value is -1.14. The van der Waals surface area contributed by atoms with Gasteiger partial charge in [0, 0.05) is 11.4 Å². The van der Waals surface area contributed by atoms with Gasteiger partial charge in [0.1, 0.15) is 0 Å². The van der Waals surface area contributed by atoms with Gasteiger partial charge in [-0.1, -0.05) is 51.4 Å². The summed E-state index contributed by atoms with van der Waals surface area (Å²) in [6.07, 6.45) is 14.3. The summed E-state index contributed by atoms with van der Waals surface area (Å²) >= 11 is 3.70. The van der Waals surface area contributed by atoms with Crippen LogP contribution in [0, 0.1) is 0 Å². The topological polar surface area (TPSA) is 40.6 Å². The third kappa shape index (κ3) is 3.58. The molecule has 2 spiro atoms. The van der Waals surface area contributed by atoms with Gasteiger partial charge in [0.25, 0.3) is 0 Å². The number of nitrogens with zero attached hydrogens (tertiary/aromatic N) is 2. The molecule has 4 nitrogen and oxygen atoms in total. The third-order valence-electron chi connectivity index (χ3n) is 7.38. The summed E-state index contributed by atoms with van der Waals surface area (Å²) in [5.74, 6) is 1.66. The standard InChI is InChI=1S/C24H32N2O2S2/c27-21-17-29-23(13-5-1-2-6-14-23)25(21)19-9-11-20(12-10-19)26-22(28)18-30-24(26)15-7-3-4-8-16-24/h9-12H,1-8,13-18H2. The molecule has 2 heterocycles. The van der Waals surface area contributed by atoms with Crippen LogP contribution in [-0.4, -0.2) is 33.1 Å². The fourth-order valence-corrected chi connectivity index (χ4v) is 8.78. The van der Waals surface area contributed by atoms with Crippen LogP contribution in [0.3, 0.4) is 0 Å². The molecular formula is C24H32N2O2S2. The molecule has 0 unspecified atom stereocenters. The van der Waals surface area contributed by atoms with Gasteiger partial charge < -0.3 is 0 Å². The van der Waals surface area contributed by atoms with Crippen LogP contribution in [0.4, 0.5) is 11.4 Å². The summed E-state index contributed by atoms with van der Waals surface area (Å²) in [5.41, 5.74) is 2.01. The summed E-state index contributed by atoms with van der Waals surface area (Å²) in [4.78, 5) is 29.8. The molecule has 0 aromatic heterocycles. The number of hydrogen-bond acceptors (Lipinski definition) is 4. The monoisotopic (exact) mass is 444 g/mol. The van der Waals surface area contributed by atoms with Crippen molar-refractivity contribution in [3.8, 4) is 0 Å². The molecule has 0 bridgehead atoms. The van der Waals surface area contributed by atoms with E-state index in [1.54, 1.807) is 0 Å². The zero-order valence-electron chi connectivity index (χ0n) is 17.7. The molecule has 162 valence electrons. The molecule has 0 atom stereocenters. The van der Waals surface area contributed by atoms with Crippen LogP contribution in [0.5, 0.6) is 0 Å². The highest BCUT2D eigenvalue weighted by molar-refractivity contribution is 8.02. The first-order valence-corrected chi connectivity index (χ1v) is 13.6. The number of thioether (sulfide) groups is 2. The van der Waals surface area contributed by atoms with Crippen molar-refractivity contribution in [2.75, 3.05) is 21.3 Å². The average Bonchev–Trinajstić information content (AvgIpc) is 3.01. The van der Waals surface area contributed by atoms with Crippen molar-refractivity contribution in [1.29, 1.82) is 0 Å². The molecule has 2 amide bonds. The summed E-state index contributed by atoms with van der Waals surface area (Å²) in [5, 5.41) is 0. The molecule has 0 N–H and O–H groups in total. The molecule has 1 aromatic carbocycles. The van der Waals surface area contributed by atoms with E-state index in [9.17, 15) is 9.59 Å². The minimum absolute atomic E-state index is 0.0586. The number of amides is 2. The number of rotatable bonds is 2. The van der Waals surface area contributed by atoms with E-state index in [0.29, 0.717) is 11.5 Å². The second kappa shape index (κ2) is 8.42. The first kappa shape index (κ1) is 20.7. The molecule has 30 heavy (non-hydrogen) atoms. The zero-order valence-corrected chi connectivity index (χ0v) is 19.4. The Bertz CT molecular complexity index is 727. The maximum Gasteiger partial charge on any atom is 0.238 e. The first-order chi connectivity index (χ1) is 14.6. The van der Waals surface area contributed by atoms with Gasteiger partial charge in [-0.3, -0.25) is 19.4 Å². The van der Waals surface area contributed by atoms with Crippen LogP contribution in [0.2, 0.25) is 0 Å². The van der Waals surface area contributed by atoms with Crippen molar-refractivity contribution >= 4 is 46.7 Å². The molecule has 2 aliphatic heterocycles. The Morgan fingerprint density at radius 2 is 0.900 bits per heavy atom. The lowest BCUT2D eigenvalue weighted by atomic mass is 10.0. The molecule has 5 rings (SSSR count). The molecule has 1 aromatic rings. The summed E-state index contributed by atoms with van der Waals surface area (Å²) in [6.45, 7) is 0. The van der Waals surface area contributed by atoms with E-state index in [2.05, 4.69) is 34.1 Å². The molecular weight excluding hydrogens is 412 g/mol. The highest BCUT2D eigenvalue weighted by Gasteiger charge is 2.48. The summed E-state index contributed by atoms with van der Waals surface area (Å²) < 4.78 is 0. The Morgan fingerprint density at radius 1 is 0.567 bits per heavy atom. The van der Waals surface area contributed by atoms with E-state index >= 15 is 0 Å². The molecule has 2 saturated heterocycles. The van der Waals surface area contributed by atoms with Crippen LogP contribution in [0.25, 0.3) is 0 Å². The lowest BCUT2D eigenvalue weighted by Crippen LogP contribution is -2.45. The van der Waals surface area contributed by atoms with Gasteiger partial charge in [-0.15, -0.1) is 23.5 Å². The average molecular weight is 445 g/mol. The van der Waals surface area contributed by atoms with Crippen LogP contribution in [0.15, 0.2) is 24.3 Å². The highest BCUT2D eigenvalue weighted by Crippen LogP contribution is 2.50. The predicted octanol–water partition coefficient (Wildman–Crippen LogP) is 5.95. The smallest absolute Gasteiger partial charge is 0.238 e. The van der Waals surface area contributed by atoms with Crippen LogP contribution < -0.4 is 9.80 Å². The predicted molar refractivity (Wildman–Crippen MR) is 127 cm³/mol. The molecule has 2 aliphatic carbocycles. The number of carbonyl (C=O) groups is 2. The number of carbonyl (C=O) groups excluding carboxylic acids is 2. The summed E-state index contributed by atoms with van der Waals surface area (Å²) in [6, 6.07) is 8.36. The van der Waals surface area contributed by atoms with Crippen molar-refractivity contribution in [1.82, 2.24) is 0 Å². The fourth-order valence-electron chi connectivity index (χ4n) is 5.91. The number of benzene rings is 1. The van der Waals surface area contributed by atoms with Gasteiger partial charge in [0.15, 0.2) is 0 Å². The van der Waals surface area contributed by atoms with Gasteiger partial charge in [-0.2, -0.15) is 0 Å². The normalized spacial score (nSPS) is 26.4. The van der Waals surface area contributed by atoms with E-state index in [1.165, 1.54) is 51.4 Å². The highest BCUT2D eigenvalue weighted by atomic mass is 32.2. The maximum atomic E-state index is 12.9. The van der Waals surface area contributed by atoms with Crippen LogP contribution >= 0.6 is 23.5 Å². The minimum atomic E-state index is -0.0586. The largest absolute Gasteiger partial charge is 0.297 e. The molecule has 2 saturated carbocycles. The Morgan fingerprint density at radius 3 is 1.23 bits per heavy atom. The quantitative estimate of drug-likeness (QED) is 0.565. The summed E-state index contributed by atoms with van der Waals surface area (Å²) in [7, 11) is 0. The SMILES string of the molecule is O=C1CSC2(CCCCCC2)N1c1ccc(N2C(=O)CSC23CCCCCC3)cc1. The van der Waals surface area contributed by atoms with Gasteiger partial charge in [0.05, 0.1) is 21.2 Å². The minimum Gasteiger partial charge on any atom is -0.297 e. The van der Waals surface area contributed by atoms with Gasteiger partial charge >= 0.3 is 0 Å². The lowest BCUT2D eigenvalue weighted by molar-refractivity contribution is -0.117. The molecule has 0 radical (unpaired) electrons. The fraction of sp³-hybridized carbons (Fsp3) is 0.667. The van der Waals surface area contributed by atoms with E-state index in [4.69, 9.17) is 0 Å². The van der Waals surface area contributed by atoms with Crippen LogP contribution in [-0.2, 0) is 9.59 Å². The van der Waals surface area contributed by atoms with Gasteiger partial charge in [0.2, 0.25) is 11.8 Å². The Balaban J connectivity index is 1.43. The van der Waals surface area contributed by atoms with Crippen molar-refractivity contribution in [3.63, 3.8) is 0 Å².